The van der Waals surface area contributed by atoms with Gasteiger partial charge in [0.1, 0.15) is 17.5 Å². The highest BCUT2D eigenvalue weighted by Gasteiger charge is 2.46. The molecule has 1 aliphatic rings. The van der Waals surface area contributed by atoms with Gasteiger partial charge in [0.2, 0.25) is 5.91 Å². The van der Waals surface area contributed by atoms with Crippen molar-refractivity contribution in [3.8, 4) is 11.5 Å². The van der Waals surface area contributed by atoms with E-state index in [0.717, 1.165) is 16.0 Å². The topological polar surface area (TPSA) is 88.2 Å². The highest BCUT2D eigenvalue weighted by Crippen LogP contribution is 2.29. The fourth-order valence-electron chi connectivity index (χ4n) is 4.01. The normalized spacial score (nSPS) is 15.3. The number of nitrogens with zero attached hydrogens (tertiary/aromatic N) is 2. The lowest BCUT2D eigenvalue weighted by Crippen LogP contribution is -2.37. The summed E-state index contributed by atoms with van der Waals surface area (Å²) < 4.78 is 10.3. The van der Waals surface area contributed by atoms with E-state index in [2.05, 4.69) is 5.32 Å². The molecule has 1 N–H and O–H groups in total. The van der Waals surface area contributed by atoms with Crippen molar-refractivity contribution in [2.24, 2.45) is 0 Å². The maximum atomic E-state index is 13.4. The van der Waals surface area contributed by atoms with Crippen LogP contribution in [0.25, 0.3) is 0 Å². The van der Waals surface area contributed by atoms with Crippen molar-refractivity contribution in [1.29, 1.82) is 0 Å². The molecular formula is C27H27N3O5. The second-order valence-corrected chi connectivity index (χ2v) is 8.27. The number of nitrogens with one attached hydrogen (secondary N) is 1. The Kier molecular flexibility index (Phi) is 7.01. The summed E-state index contributed by atoms with van der Waals surface area (Å²) in [5, 5.41) is 2.80. The van der Waals surface area contributed by atoms with Crippen LogP contribution in [0.5, 0.6) is 11.5 Å². The number of aryl methyl sites for hydroxylation is 1. The lowest BCUT2D eigenvalue weighted by atomic mass is 10.1. The summed E-state index contributed by atoms with van der Waals surface area (Å²) in [4.78, 5) is 42.4. The second-order valence-electron chi connectivity index (χ2n) is 8.27. The first-order valence-corrected chi connectivity index (χ1v) is 11.2. The molecule has 180 valence electrons. The Labute approximate surface area is 204 Å². The van der Waals surface area contributed by atoms with Crippen LogP contribution in [0.1, 0.15) is 17.5 Å². The van der Waals surface area contributed by atoms with Crippen LogP contribution >= 0.6 is 0 Å². The van der Waals surface area contributed by atoms with Gasteiger partial charge in [0.05, 0.1) is 26.3 Å². The molecule has 1 atom stereocenters. The van der Waals surface area contributed by atoms with Crippen LogP contribution in [-0.4, -0.2) is 43.0 Å². The minimum atomic E-state index is -0.941. The number of carbonyl (C=O) groups excluding carboxylic acids is 3. The van der Waals surface area contributed by atoms with Gasteiger partial charge in [-0.1, -0.05) is 24.3 Å². The smallest absolute Gasteiger partial charge is 0.332 e. The van der Waals surface area contributed by atoms with E-state index in [1.54, 1.807) is 68.8 Å². The molecule has 1 heterocycles. The van der Waals surface area contributed by atoms with Gasteiger partial charge in [-0.15, -0.1) is 0 Å². The number of carbonyl (C=O) groups is 3. The fourth-order valence-corrected chi connectivity index (χ4v) is 4.01. The number of anilines is 2. The Morgan fingerprint density at radius 2 is 1.54 bits per heavy atom. The summed E-state index contributed by atoms with van der Waals surface area (Å²) in [5.74, 6) is 0.555. The Bertz CT molecular complexity index is 1220. The molecule has 0 radical (unpaired) electrons. The highest BCUT2D eigenvalue weighted by atomic mass is 16.5. The van der Waals surface area contributed by atoms with Gasteiger partial charge in [0.25, 0.3) is 5.91 Å². The third-order valence-electron chi connectivity index (χ3n) is 5.84. The number of methoxy groups -OCH3 is 2. The van der Waals surface area contributed by atoms with Crippen LogP contribution in [0.2, 0.25) is 0 Å². The lowest BCUT2D eigenvalue weighted by Gasteiger charge is -2.22. The predicted octanol–water partition coefficient (Wildman–Crippen LogP) is 4.38. The van der Waals surface area contributed by atoms with Gasteiger partial charge in [-0.25, -0.2) is 9.69 Å². The van der Waals surface area contributed by atoms with Gasteiger partial charge in [-0.3, -0.25) is 9.59 Å². The molecule has 3 aromatic carbocycles. The van der Waals surface area contributed by atoms with Crippen molar-refractivity contribution in [3.05, 3.63) is 83.9 Å². The number of amides is 4. The van der Waals surface area contributed by atoms with E-state index in [1.165, 1.54) is 4.90 Å². The van der Waals surface area contributed by atoms with Gasteiger partial charge in [0.15, 0.2) is 0 Å². The van der Waals surface area contributed by atoms with Crippen molar-refractivity contribution < 1.29 is 23.9 Å². The van der Waals surface area contributed by atoms with Crippen molar-refractivity contribution in [2.45, 2.75) is 25.9 Å². The molecule has 4 amide bonds. The number of urea groups is 1. The van der Waals surface area contributed by atoms with Crippen LogP contribution in [0.15, 0.2) is 72.8 Å². The summed E-state index contributed by atoms with van der Waals surface area (Å²) in [5.41, 5.74) is 2.80. The quantitative estimate of drug-likeness (QED) is 0.491. The first-order chi connectivity index (χ1) is 16.9. The molecule has 0 saturated carbocycles. The summed E-state index contributed by atoms with van der Waals surface area (Å²) in [6.07, 6.45) is -0.172. The highest BCUT2D eigenvalue weighted by molar-refractivity contribution is 6.22. The SMILES string of the molecule is COc1ccc(CN2C(=O)N(c3cccc(C)c3)C(=O)[C@@H]2CC(=O)Nc2ccc(OC)cc2)cc1. The number of benzene rings is 3. The molecule has 3 aromatic rings. The lowest BCUT2D eigenvalue weighted by molar-refractivity contribution is -0.124. The predicted molar refractivity (Wildman–Crippen MR) is 133 cm³/mol. The molecular weight excluding hydrogens is 446 g/mol. The standard InChI is InChI=1S/C27H27N3O5/c1-18-5-4-6-21(15-18)30-26(32)24(16-25(31)28-20-9-13-23(35-3)14-10-20)29(27(30)33)17-19-7-11-22(34-2)12-8-19/h4-15,24H,16-17H2,1-3H3,(H,28,31)/t24-/m0/s1. The molecule has 0 bridgehead atoms. The molecule has 0 aromatic heterocycles. The second kappa shape index (κ2) is 10.3. The van der Waals surface area contributed by atoms with E-state index < -0.39 is 18.0 Å². The molecule has 1 aliphatic heterocycles. The van der Waals surface area contributed by atoms with Gasteiger partial charge in [0, 0.05) is 12.2 Å². The molecule has 0 unspecified atom stereocenters. The summed E-state index contributed by atoms with van der Waals surface area (Å²) in [7, 11) is 3.14. The summed E-state index contributed by atoms with van der Waals surface area (Å²) in [6.45, 7) is 2.07. The van der Waals surface area contributed by atoms with E-state index in [9.17, 15) is 14.4 Å². The van der Waals surface area contributed by atoms with E-state index in [-0.39, 0.29) is 18.9 Å². The van der Waals surface area contributed by atoms with Crippen molar-refractivity contribution >= 4 is 29.2 Å². The zero-order chi connectivity index (χ0) is 24.9. The molecule has 8 heteroatoms. The summed E-state index contributed by atoms with van der Waals surface area (Å²) in [6, 6.07) is 19.9. The first kappa shape index (κ1) is 23.8. The number of hydrogen-bond donors (Lipinski definition) is 1. The minimum absolute atomic E-state index is 0.172. The van der Waals surface area contributed by atoms with Crippen molar-refractivity contribution in [2.75, 3.05) is 24.4 Å². The molecule has 1 fully saturated rings. The minimum Gasteiger partial charge on any atom is -0.497 e. The van der Waals surface area contributed by atoms with Crippen LogP contribution < -0.4 is 19.7 Å². The van der Waals surface area contributed by atoms with Crippen molar-refractivity contribution in [1.82, 2.24) is 4.90 Å². The molecule has 8 nitrogen and oxygen atoms in total. The van der Waals surface area contributed by atoms with Crippen LogP contribution in [0.3, 0.4) is 0 Å². The van der Waals surface area contributed by atoms with Crippen molar-refractivity contribution in [3.63, 3.8) is 0 Å². The third kappa shape index (κ3) is 5.27. The maximum Gasteiger partial charge on any atom is 0.332 e. The summed E-state index contributed by atoms with van der Waals surface area (Å²) >= 11 is 0. The number of rotatable bonds is 8. The molecule has 0 aliphatic carbocycles. The van der Waals surface area contributed by atoms with Crippen LogP contribution in [-0.2, 0) is 16.1 Å². The maximum absolute atomic E-state index is 13.4. The Morgan fingerprint density at radius 3 is 2.14 bits per heavy atom. The van der Waals surface area contributed by atoms with E-state index >= 15 is 0 Å². The average molecular weight is 474 g/mol. The largest absolute Gasteiger partial charge is 0.497 e. The van der Waals surface area contributed by atoms with Gasteiger partial charge in [-0.2, -0.15) is 0 Å². The monoisotopic (exact) mass is 473 g/mol. The third-order valence-corrected chi connectivity index (χ3v) is 5.84. The molecule has 1 saturated heterocycles. The first-order valence-electron chi connectivity index (χ1n) is 11.2. The number of imide groups is 1. The average Bonchev–Trinajstić information content (AvgIpc) is 3.08. The number of hydrogen-bond acceptors (Lipinski definition) is 5. The van der Waals surface area contributed by atoms with Gasteiger partial charge < -0.3 is 19.7 Å². The zero-order valence-electron chi connectivity index (χ0n) is 19.9. The van der Waals surface area contributed by atoms with E-state index in [4.69, 9.17) is 9.47 Å². The fraction of sp³-hybridized carbons (Fsp3) is 0.222. The Morgan fingerprint density at radius 1 is 0.914 bits per heavy atom. The Balaban J connectivity index is 1.58. The van der Waals surface area contributed by atoms with E-state index in [0.29, 0.717) is 22.9 Å². The zero-order valence-corrected chi connectivity index (χ0v) is 19.9. The van der Waals surface area contributed by atoms with Gasteiger partial charge >= 0.3 is 6.03 Å². The Hall–Kier alpha value is -4.33. The van der Waals surface area contributed by atoms with Crippen LogP contribution in [0.4, 0.5) is 16.2 Å². The number of ether oxygens (including phenoxy) is 2. The van der Waals surface area contributed by atoms with Gasteiger partial charge in [-0.05, 0) is 66.6 Å². The molecule has 35 heavy (non-hydrogen) atoms. The molecule has 0 spiro atoms. The van der Waals surface area contributed by atoms with Crippen LogP contribution in [0, 0.1) is 6.92 Å². The van der Waals surface area contributed by atoms with E-state index in [1.807, 2.05) is 25.1 Å². The molecule has 4 rings (SSSR count).